The number of hydrogen-bond acceptors (Lipinski definition) is 12. The van der Waals surface area contributed by atoms with Crippen LogP contribution in [0.3, 0.4) is 0 Å². The zero-order chi connectivity index (χ0) is 34.6. The lowest BCUT2D eigenvalue weighted by Gasteiger charge is -2.41. The minimum atomic E-state index is -1.51. The highest BCUT2D eigenvalue weighted by Crippen LogP contribution is 2.29. The Kier molecular flexibility index (Phi) is 18.1. The van der Waals surface area contributed by atoms with Gasteiger partial charge in [0.15, 0.2) is 12.1 Å². The normalized spacial score (nSPS) is 20.0. The van der Waals surface area contributed by atoms with Crippen LogP contribution in [0.25, 0.3) is 0 Å². The second-order valence-corrected chi connectivity index (χ2v) is 10.5. The van der Waals surface area contributed by atoms with Crippen LogP contribution in [0.5, 0.6) is 0 Å². The molecule has 0 unspecified atom stereocenters. The molecule has 18 nitrogen and oxygen atoms in total. The van der Waals surface area contributed by atoms with Crippen molar-refractivity contribution >= 4 is 29.7 Å². The van der Waals surface area contributed by atoms with Gasteiger partial charge in [-0.15, -0.1) is 6.42 Å². The molecule has 0 aromatic heterocycles. The molecule has 0 aromatic carbocycles. The van der Waals surface area contributed by atoms with Crippen LogP contribution in [0.1, 0.15) is 19.8 Å². The lowest BCUT2D eigenvalue weighted by molar-refractivity contribution is -0.156. The first-order valence-corrected chi connectivity index (χ1v) is 15.1. The number of carbonyl (C=O) groups is 4. The summed E-state index contributed by atoms with van der Waals surface area (Å²) in [7, 11) is 0. The molecule has 0 radical (unpaired) electrons. The van der Waals surface area contributed by atoms with Crippen LogP contribution in [-0.4, -0.2) is 143 Å². The molecule has 9 N–H and O–H groups in total. The van der Waals surface area contributed by atoms with Gasteiger partial charge in [-0.05, 0) is 18.9 Å². The van der Waals surface area contributed by atoms with Gasteiger partial charge in [0.2, 0.25) is 23.5 Å². The minimum absolute atomic E-state index is 0.124. The molecule has 264 valence electrons. The monoisotopic (exact) mass is 670 g/mol. The highest BCUT2D eigenvalue weighted by molar-refractivity contribution is 5.85. The van der Waals surface area contributed by atoms with Crippen molar-refractivity contribution in [3.05, 3.63) is 11.8 Å². The second kappa shape index (κ2) is 21.7. The summed E-state index contributed by atoms with van der Waals surface area (Å²) >= 11 is 0. The Hall–Kier alpha value is -3.99. The lowest BCUT2D eigenvalue weighted by atomic mass is 9.91. The van der Waals surface area contributed by atoms with E-state index in [0.29, 0.717) is 33.0 Å². The highest BCUT2D eigenvalue weighted by Gasteiger charge is 2.45. The molecule has 0 bridgehead atoms. The average molecular weight is 671 g/mol. The lowest BCUT2D eigenvalue weighted by Crippen LogP contribution is -2.65. The molecular weight excluding hydrogens is 624 g/mol. The van der Waals surface area contributed by atoms with Gasteiger partial charge in [0.1, 0.15) is 25.4 Å². The van der Waals surface area contributed by atoms with Crippen LogP contribution >= 0.6 is 0 Å². The molecule has 0 aromatic rings. The molecular formula is C29H46N6O12. The van der Waals surface area contributed by atoms with Gasteiger partial charge in [-0.1, -0.05) is 5.92 Å². The van der Waals surface area contributed by atoms with E-state index in [1.807, 2.05) is 0 Å². The molecule has 1 fully saturated rings. The van der Waals surface area contributed by atoms with E-state index in [1.54, 1.807) is 0 Å². The van der Waals surface area contributed by atoms with Crippen LogP contribution < -0.4 is 27.0 Å². The first-order chi connectivity index (χ1) is 22.5. The maximum absolute atomic E-state index is 12.6. The number of terminal acetylenes is 1. The summed E-state index contributed by atoms with van der Waals surface area (Å²) in [4.78, 5) is 48.8. The van der Waals surface area contributed by atoms with Crippen LogP contribution in [-0.2, 0) is 47.6 Å². The number of hydrogen-bond donors (Lipinski definition) is 8. The predicted molar refractivity (Wildman–Crippen MR) is 164 cm³/mol. The maximum atomic E-state index is 12.6. The molecule has 0 saturated heterocycles. The zero-order valence-electron chi connectivity index (χ0n) is 26.4. The molecule has 2 rings (SSSR count). The first kappa shape index (κ1) is 39.2. The van der Waals surface area contributed by atoms with Crippen molar-refractivity contribution in [2.75, 3.05) is 72.6 Å². The molecule has 18 heteroatoms. The van der Waals surface area contributed by atoms with Crippen molar-refractivity contribution in [2.24, 2.45) is 11.7 Å². The molecule has 1 aliphatic carbocycles. The van der Waals surface area contributed by atoms with Crippen molar-refractivity contribution in [1.29, 1.82) is 5.41 Å². The largest absolute Gasteiger partial charge is 0.478 e. The van der Waals surface area contributed by atoms with Gasteiger partial charge in [0.05, 0.1) is 58.3 Å². The minimum Gasteiger partial charge on any atom is -0.478 e. The van der Waals surface area contributed by atoms with E-state index in [2.05, 4.69) is 27.2 Å². The van der Waals surface area contributed by atoms with Crippen molar-refractivity contribution in [1.82, 2.24) is 21.3 Å². The molecule has 0 spiro atoms. The third kappa shape index (κ3) is 15.9. The van der Waals surface area contributed by atoms with E-state index in [-0.39, 0.29) is 44.7 Å². The van der Waals surface area contributed by atoms with Gasteiger partial charge < -0.3 is 65.6 Å². The third-order valence-corrected chi connectivity index (χ3v) is 6.65. The summed E-state index contributed by atoms with van der Waals surface area (Å²) in [5, 5.41) is 38.8. The SMILES string of the molecule is C#CCOCCOCCOCCOCCNC(=O)CO[C@@H]([C@@H]1OC(C(=O)O)=C[C@H](NC(=N)N)[C@H]1NC(C)=O)[C@H](O)CNC(=O)C1CC1. The van der Waals surface area contributed by atoms with Gasteiger partial charge in [-0.3, -0.25) is 19.8 Å². The third-order valence-electron chi connectivity index (χ3n) is 6.65. The number of carboxylic acids is 1. The summed E-state index contributed by atoms with van der Waals surface area (Å²) in [6, 6.07) is -2.18. The summed E-state index contributed by atoms with van der Waals surface area (Å²) in [6.07, 6.45) is 3.29. The molecule has 2 aliphatic rings. The summed E-state index contributed by atoms with van der Waals surface area (Å²) in [6.45, 7) is 2.97. The van der Waals surface area contributed by atoms with E-state index >= 15 is 0 Å². The van der Waals surface area contributed by atoms with Crippen molar-refractivity contribution in [3.63, 3.8) is 0 Å². The fourth-order valence-electron chi connectivity index (χ4n) is 4.35. The maximum Gasteiger partial charge on any atom is 0.370 e. The number of carbonyl (C=O) groups excluding carboxylic acids is 3. The zero-order valence-corrected chi connectivity index (χ0v) is 26.4. The van der Waals surface area contributed by atoms with E-state index in [9.17, 15) is 29.4 Å². The predicted octanol–water partition coefficient (Wildman–Crippen LogP) is -3.20. The van der Waals surface area contributed by atoms with E-state index in [1.165, 1.54) is 6.92 Å². The summed E-state index contributed by atoms with van der Waals surface area (Å²) < 4.78 is 32.6. The Morgan fingerprint density at radius 1 is 1.04 bits per heavy atom. The Balaban J connectivity index is 1.91. The highest BCUT2D eigenvalue weighted by atomic mass is 16.6. The van der Waals surface area contributed by atoms with Crippen LogP contribution in [0.4, 0.5) is 0 Å². The molecule has 1 saturated carbocycles. The summed E-state index contributed by atoms with van der Waals surface area (Å²) in [5.41, 5.74) is 5.49. The van der Waals surface area contributed by atoms with Gasteiger partial charge in [-0.25, -0.2) is 4.79 Å². The van der Waals surface area contributed by atoms with E-state index in [0.717, 1.165) is 18.9 Å². The quantitative estimate of drug-likeness (QED) is 0.0218. The number of nitrogens with two attached hydrogens (primary N) is 1. The summed E-state index contributed by atoms with van der Waals surface area (Å²) in [5.74, 6) is -1.77. The number of rotatable bonds is 24. The standard InChI is InChI=1S/C29H46N6O12/c1-3-7-42-9-11-44-13-14-45-12-10-43-8-6-32-23(38)17-46-25(21(37)16-33-27(39)19-4-5-19)26-24(34-18(2)36)20(35-29(30)31)15-22(47-26)28(40)41/h1,15,19-21,24-26,37H,4-14,16-17H2,2H3,(H,32,38)(H,33,39)(H,34,36)(H,40,41)(H4,30,31,35)/t20-,21+,24+,25+,26+/m0/s1. The Morgan fingerprint density at radius 2 is 1.66 bits per heavy atom. The Bertz CT molecular complexity index is 1110. The smallest absolute Gasteiger partial charge is 0.370 e. The Labute approximate surface area is 272 Å². The molecule has 3 amide bonds. The van der Waals surface area contributed by atoms with Gasteiger partial charge >= 0.3 is 5.97 Å². The van der Waals surface area contributed by atoms with Crippen LogP contribution in [0.2, 0.25) is 0 Å². The van der Waals surface area contributed by atoms with E-state index in [4.69, 9.17) is 46.0 Å². The van der Waals surface area contributed by atoms with Gasteiger partial charge in [-0.2, -0.15) is 0 Å². The first-order valence-electron chi connectivity index (χ1n) is 15.1. The van der Waals surface area contributed by atoms with Crippen LogP contribution in [0, 0.1) is 23.7 Å². The molecule has 47 heavy (non-hydrogen) atoms. The number of ether oxygens (including phenoxy) is 6. The molecule has 5 atom stereocenters. The van der Waals surface area contributed by atoms with Gasteiger partial charge in [0.25, 0.3) is 0 Å². The fourth-order valence-corrected chi connectivity index (χ4v) is 4.35. The van der Waals surface area contributed by atoms with Crippen LogP contribution in [0.15, 0.2) is 11.8 Å². The van der Waals surface area contributed by atoms with E-state index < -0.39 is 66.5 Å². The molecule has 1 aliphatic heterocycles. The fraction of sp³-hybridized carbons (Fsp3) is 0.690. The van der Waals surface area contributed by atoms with Crippen molar-refractivity contribution < 1.29 is 57.8 Å². The second-order valence-electron chi connectivity index (χ2n) is 10.5. The number of guanidine groups is 1. The number of aliphatic hydroxyl groups excluding tert-OH is 1. The topological polar surface area (TPSA) is 262 Å². The number of carboxylic acid groups (broad SMARTS) is 1. The number of aliphatic carboxylic acids is 1. The van der Waals surface area contributed by atoms with Crippen molar-refractivity contribution in [2.45, 2.75) is 50.2 Å². The average Bonchev–Trinajstić information content (AvgIpc) is 3.86. The Morgan fingerprint density at radius 3 is 2.21 bits per heavy atom. The molecule has 1 heterocycles. The number of amides is 3. The van der Waals surface area contributed by atoms with Gasteiger partial charge in [0, 0.05) is 25.9 Å². The number of aliphatic hydroxyl groups is 1. The number of nitrogens with one attached hydrogen (secondary N) is 5. The van der Waals surface area contributed by atoms with Crippen molar-refractivity contribution in [3.8, 4) is 12.3 Å².